The fourth-order valence-corrected chi connectivity index (χ4v) is 5.73. The first-order valence-electron chi connectivity index (χ1n) is 12.5. The number of nitrogens with one attached hydrogen (secondary N) is 1. The number of amides is 2. The van der Waals surface area contributed by atoms with Crippen molar-refractivity contribution in [1.82, 2.24) is 10.2 Å². The summed E-state index contributed by atoms with van der Waals surface area (Å²) < 4.78 is 11.7. The van der Waals surface area contributed by atoms with Crippen LogP contribution in [0.5, 0.6) is 11.5 Å². The molecule has 1 aromatic carbocycles. The molecule has 4 N–H and O–H groups in total. The molecule has 2 amide bonds. The van der Waals surface area contributed by atoms with Gasteiger partial charge in [-0.1, -0.05) is 19.8 Å². The number of aliphatic hydroxyl groups is 3. The van der Waals surface area contributed by atoms with E-state index in [0.717, 1.165) is 25.7 Å². The number of ether oxygens (including phenoxy) is 2. The maximum atomic E-state index is 13.3. The molecule has 9 nitrogen and oxygen atoms in total. The molecule has 1 fully saturated rings. The molecule has 0 aromatic heterocycles. The highest BCUT2D eigenvalue weighted by Gasteiger charge is 2.52. The van der Waals surface area contributed by atoms with Crippen molar-refractivity contribution >= 4 is 11.8 Å². The predicted octanol–water partition coefficient (Wildman–Crippen LogP) is 1.38. The summed E-state index contributed by atoms with van der Waals surface area (Å²) in [4.78, 5) is 28.4. The zero-order valence-corrected chi connectivity index (χ0v) is 20.4. The fraction of sp³-hybridized carbons (Fsp3) is 0.615. The number of carbonyl (C=O) groups is 2. The second-order valence-electron chi connectivity index (χ2n) is 9.51. The molecular formula is C26H36N2O7. The molecular weight excluding hydrogens is 452 g/mol. The molecule has 0 spiro atoms. The number of nitrogens with zero attached hydrogens (tertiary/aromatic N) is 1. The molecule has 192 valence electrons. The second-order valence-corrected chi connectivity index (χ2v) is 9.51. The Balaban J connectivity index is 1.81. The number of carbonyl (C=O) groups excluding carboxylic acids is 2. The van der Waals surface area contributed by atoms with Gasteiger partial charge in [-0.25, -0.2) is 0 Å². The number of hydrogen-bond donors (Lipinski definition) is 4. The van der Waals surface area contributed by atoms with Crippen molar-refractivity contribution < 1.29 is 34.4 Å². The first kappa shape index (κ1) is 25.5. The van der Waals surface area contributed by atoms with Gasteiger partial charge >= 0.3 is 0 Å². The van der Waals surface area contributed by atoms with Crippen LogP contribution in [-0.2, 0) is 16.2 Å². The Hall–Kier alpha value is -2.62. The molecule has 1 heterocycles. The van der Waals surface area contributed by atoms with Gasteiger partial charge in [0.1, 0.15) is 12.2 Å². The molecule has 0 bridgehead atoms. The van der Waals surface area contributed by atoms with E-state index in [4.69, 9.17) is 9.47 Å². The molecule has 35 heavy (non-hydrogen) atoms. The molecule has 4 atom stereocenters. The molecule has 2 aliphatic carbocycles. The zero-order valence-electron chi connectivity index (χ0n) is 20.4. The zero-order chi connectivity index (χ0) is 25.1. The fourth-order valence-electron chi connectivity index (χ4n) is 5.73. The van der Waals surface area contributed by atoms with Crippen LogP contribution in [0, 0.1) is 0 Å². The van der Waals surface area contributed by atoms with Gasteiger partial charge in [0.25, 0.3) is 0 Å². The Labute approximate surface area is 205 Å². The summed E-state index contributed by atoms with van der Waals surface area (Å²) in [6.07, 6.45) is 4.65. The Morgan fingerprint density at radius 3 is 2.60 bits per heavy atom. The Kier molecular flexibility index (Phi) is 7.98. The molecule has 4 unspecified atom stereocenters. The Bertz CT molecular complexity index is 973. The van der Waals surface area contributed by atoms with Crippen molar-refractivity contribution in [2.45, 2.75) is 82.3 Å². The van der Waals surface area contributed by atoms with Crippen molar-refractivity contribution in [2.75, 3.05) is 20.3 Å². The van der Waals surface area contributed by atoms with Crippen LogP contribution >= 0.6 is 0 Å². The van der Waals surface area contributed by atoms with Crippen LogP contribution in [0.25, 0.3) is 0 Å². The minimum Gasteiger partial charge on any atom is -0.493 e. The topological polar surface area (TPSA) is 129 Å². The summed E-state index contributed by atoms with van der Waals surface area (Å²) in [6, 6.07) is 2.72. The molecule has 0 radical (unpaired) electrons. The van der Waals surface area contributed by atoms with Crippen LogP contribution < -0.4 is 14.8 Å². The largest absolute Gasteiger partial charge is 0.493 e. The van der Waals surface area contributed by atoms with Gasteiger partial charge in [-0.3, -0.25) is 9.59 Å². The Morgan fingerprint density at radius 2 is 1.97 bits per heavy atom. The van der Waals surface area contributed by atoms with Gasteiger partial charge in [-0.2, -0.15) is 0 Å². The van der Waals surface area contributed by atoms with Gasteiger partial charge < -0.3 is 35.0 Å². The lowest BCUT2D eigenvalue weighted by atomic mass is 9.77. The summed E-state index contributed by atoms with van der Waals surface area (Å²) in [5, 5.41) is 33.3. The van der Waals surface area contributed by atoms with E-state index < -0.39 is 24.2 Å². The van der Waals surface area contributed by atoms with Crippen LogP contribution in [0.1, 0.15) is 62.5 Å². The lowest BCUT2D eigenvalue weighted by Gasteiger charge is -2.43. The van der Waals surface area contributed by atoms with E-state index >= 15 is 0 Å². The summed E-state index contributed by atoms with van der Waals surface area (Å²) in [7, 11) is 1.50. The SMILES string of the molecule is CCCC(=O)N(C1CCCC1)C1C=C(C(=O)NCCO)C2c3cc(CO)cc(OC)c3OC2C1O. The maximum Gasteiger partial charge on any atom is 0.247 e. The van der Waals surface area contributed by atoms with Crippen molar-refractivity contribution in [3.63, 3.8) is 0 Å². The number of fused-ring (bicyclic) bond motifs is 3. The predicted molar refractivity (Wildman–Crippen MR) is 128 cm³/mol. The minimum absolute atomic E-state index is 0.00237. The number of rotatable bonds is 9. The minimum atomic E-state index is -1.06. The summed E-state index contributed by atoms with van der Waals surface area (Å²) in [5.74, 6) is -0.196. The Morgan fingerprint density at radius 1 is 1.23 bits per heavy atom. The van der Waals surface area contributed by atoms with Crippen LogP contribution in [-0.4, -0.2) is 76.6 Å². The third kappa shape index (κ3) is 4.77. The lowest BCUT2D eigenvalue weighted by Crippen LogP contribution is -2.58. The van der Waals surface area contributed by atoms with Crippen LogP contribution in [0.15, 0.2) is 23.8 Å². The van der Waals surface area contributed by atoms with Gasteiger partial charge in [-0.05, 0) is 43.0 Å². The van der Waals surface area contributed by atoms with E-state index in [1.54, 1.807) is 23.1 Å². The van der Waals surface area contributed by atoms with Gasteiger partial charge in [0, 0.05) is 30.1 Å². The summed E-state index contributed by atoms with van der Waals surface area (Å²) in [6.45, 7) is 1.60. The number of methoxy groups -OCH3 is 1. The number of aliphatic hydroxyl groups excluding tert-OH is 3. The molecule has 0 saturated heterocycles. The van der Waals surface area contributed by atoms with Gasteiger partial charge in [-0.15, -0.1) is 0 Å². The smallest absolute Gasteiger partial charge is 0.247 e. The van der Waals surface area contributed by atoms with E-state index in [1.807, 2.05) is 6.92 Å². The molecule has 1 aliphatic heterocycles. The van der Waals surface area contributed by atoms with Crippen molar-refractivity contribution in [3.05, 3.63) is 34.9 Å². The molecule has 1 saturated carbocycles. The van der Waals surface area contributed by atoms with Crippen molar-refractivity contribution in [1.29, 1.82) is 0 Å². The lowest BCUT2D eigenvalue weighted by molar-refractivity contribution is -0.140. The maximum absolute atomic E-state index is 13.3. The average Bonchev–Trinajstić information content (AvgIpc) is 3.52. The van der Waals surface area contributed by atoms with Gasteiger partial charge in [0.05, 0.1) is 32.3 Å². The standard InChI is InChI=1S/C26H36N2O7/c1-3-6-21(31)28(16-7-4-5-8-16)19-13-18(26(33)27-9-10-29)22-17-11-15(14-30)12-20(34-2)24(17)35-25(22)23(19)32/h11-13,16,19,22-23,25,29-30,32H,3-10,14H2,1-2H3,(H,27,33). The van der Waals surface area contributed by atoms with Gasteiger partial charge in [0.2, 0.25) is 11.8 Å². The van der Waals surface area contributed by atoms with E-state index in [0.29, 0.717) is 41.0 Å². The first-order chi connectivity index (χ1) is 16.9. The van der Waals surface area contributed by atoms with Crippen LogP contribution in [0.4, 0.5) is 0 Å². The summed E-state index contributed by atoms with van der Waals surface area (Å²) in [5.41, 5.74) is 1.62. The van der Waals surface area contributed by atoms with E-state index in [2.05, 4.69) is 5.32 Å². The first-order valence-corrected chi connectivity index (χ1v) is 12.5. The van der Waals surface area contributed by atoms with E-state index in [-0.39, 0.29) is 37.6 Å². The van der Waals surface area contributed by atoms with Gasteiger partial charge in [0.15, 0.2) is 11.5 Å². The summed E-state index contributed by atoms with van der Waals surface area (Å²) >= 11 is 0. The molecule has 1 aromatic rings. The van der Waals surface area contributed by atoms with Crippen molar-refractivity contribution in [3.8, 4) is 11.5 Å². The molecule has 9 heteroatoms. The van der Waals surface area contributed by atoms with Crippen LogP contribution in [0.2, 0.25) is 0 Å². The third-order valence-corrected chi connectivity index (χ3v) is 7.29. The average molecular weight is 489 g/mol. The quantitative estimate of drug-likeness (QED) is 0.413. The van der Waals surface area contributed by atoms with Crippen molar-refractivity contribution in [2.24, 2.45) is 0 Å². The number of hydrogen-bond acceptors (Lipinski definition) is 7. The highest BCUT2D eigenvalue weighted by atomic mass is 16.5. The normalized spacial score (nSPS) is 25.3. The van der Waals surface area contributed by atoms with E-state index in [9.17, 15) is 24.9 Å². The molecule has 4 rings (SSSR count). The third-order valence-electron chi connectivity index (χ3n) is 7.29. The van der Waals surface area contributed by atoms with Crippen LogP contribution in [0.3, 0.4) is 0 Å². The highest BCUT2D eigenvalue weighted by Crippen LogP contribution is 2.51. The van der Waals surface area contributed by atoms with E-state index in [1.165, 1.54) is 7.11 Å². The molecule has 3 aliphatic rings. The highest BCUT2D eigenvalue weighted by molar-refractivity contribution is 5.96. The second kappa shape index (κ2) is 11.0. The monoisotopic (exact) mass is 488 g/mol. The number of benzene rings is 1.